The second kappa shape index (κ2) is 5.96. The maximum Gasteiger partial charge on any atom is 0.226 e. The fourth-order valence-corrected chi connectivity index (χ4v) is 3.13. The van der Waals surface area contributed by atoms with Crippen LogP contribution in [0.5, 0.6) is 0 Å². The first-order valence-corrected chi connectivity index (χ1v) is 7.44. The van der Waals surface area contributed by atoms with E-state index in [0.29, 0.717) is 0 Å². The van der Waals surface area contributed by atoms with Crippen molar-refractivity contribution in [2.24, 2.45) is 5.92 Å². The van der Waals surface area contributed by atoms with Gasteiger partial charge in [0.15, 0.2) is 0 Å². The lowest BCUT2D eigenvalue weighted by Crippen LogP contribution is -2.61. The molecule has 1 aliphatic heterocycles. The molecule has 1 aromatic rings. The van der Waals surface area contributed by atoms with Crippen molar-refractivity contribution in [3.05, 3.63) is 35.9 Å². The van der Waals surface area contributed by atoms with Crippen LogP contribution in [0.25, 0.3) is 0 Å². The van der Waals surface area contributed by atoms with Gasteiger partial charge in [-0.3, -0.25) is 4.79 Å². The fraction of sp³-hybridized carbons (Fsp3) is 0.588. The predicted octanol–water partition coefficient (Wildman–Crippen LogP) is 2.42. The van der Waals surface area contributed by atoms with Gasteiger partial charge < -0.3 is 9.80 Å². The summed E-state index contributed by atoms with van der Waals surface area (Å²) in [5, 5.41) is 0. The first kappa shape index (κ1) is 15.0. The Hall–Kier alpha value is -1.35. The quantitative estimate of drug-likeness (QED) is 0.845. The number of piperazine rings is 1. The van der Waals surface area contributed by atoms with Crippen LogP contribution in [0.1, 0.15) is 26.3 Å². The Balaban J connectivity index is 2.03. The van der Waals surface area contributed by atoms with Gasteiger partial charge in [-0.1, -0.05) is 37.3 Å². The van der Waals surface area contributed by atoms with Gasteiger partial charge in [-0.25, -0.2) is 0 Å². The predicted molar refractivity (Wildman–Crippen MR) is 82.6 cm³/mol. The number of carbonyl (C=O) groups excluding carboxylic acids is 1. The molecule has 1 saturated heterocycles. The molecule has 1 atom stereocenters. The van der Waals surface area contributed by atoms with Crippen LogP contribution in [0.2, 0.25) is 0 Å². The zero-order valence-electron chi connectivity index (χ0n) is 13.1. The lowest BCUT2D eigenvalue weighted by atomic mass is 9.94. The molecule has 0 spiro atoms. The van der Waals surface area contributed by atoms with Crippen molar-refractivity contribution in [1.29, 1.82) is 0 Å². The Bertz CT molecular complexity index is 455. The zero-order chi connectivity index (χ0) is 14.8. The summed E-state index contributed by atoms with van der Waals surface area (Å²) < 4.78 is 0. The Morgan fingerprint density at radius 1 is 1.25 bits per heavy atom. The van der Waals surface area contributed by atoms with Crippen LogP contribution in [0.15, 0.2) is 30.3 Å². The van der Waals surface area contributed by atoms with Crippen molar-refractivity contribution >= 4 is 5.91 Å². The first-order chi connectivity index (χ1) is 9.40. The molecule has 0 radical (unpaired) electrons. The maximum atomic E-state index is 12.7. The monoisotopic (exact) mass is 274 g/mol. The lowest BCUT2D eigenvalue weighted by Gasteiger charge is -2.47. The molecule has 1 aromatic carbocycles. The maximum absolute atomic E-state index is 12.7. The fourth-order valence-electron chi connectivity index (χ4n) is 3.13. The third-order valence-corrected chi connectivity index (χ3v) is 4.17. The van der Waals surface area contributed by atoms with Crippen LogP contribution < -0.4 is 0 Å². The average Bonchev–Trinajstić information content (AvgIpc) is 2.38. The highest BCUT2D eigenvalue weighted by Gasteiger charge is 2.36. The molecule has 1 amide bonds. The van der Waals surface area contributed by atoms with E-state index in [0.717, 1.165) is 26.1 Å². The Kier molecular flexibility index (Phi) is 4.48. The van der Waals surface area contributed by atoms with Crippen LogP contribution >= 0.6 is 0 Å². The highest BCUT2D eigenvalue weighted by Crippen LogP contribution is 2.23. The molecule has 20 heavy (non-hydrogen) atoms. The first-order valence-electron chi connectivity index (χ1n) is 7.44. The SMILES string of the molecule is C[C@@H](Cc1ccccc1)C(=O)N1CCN(C)CC1(C)C. The average molecular weight is 274 g/mol. The standard InChI is InChI=1S/C17H26N2O/c1-14(12-15-8-6-5-7-9-15)16(20)19-11-10-18(4)13-17(19,2)3/h5-9,14H,10-13H2,1-4H3/t14-/m0/s1. The van der Waals surface area contributed by atoms with Gasteiger partial charge in [0, 0.05) is 31.1 Å². The van der Waals surface area contributed by atoms with Crippen LogP contribution in [0.4, 0.5) is 0 Å². The van der Waals surface area contributed by atoms with Gasteiger partial charge in [-0.05, 0) is 32.9 Å². The lowest BCUT2D eigenvalue weighted by molar-refractivity contribution is -0.144. The summed E-state index contributed by atoms with van der Waals surface area (Å²) in [5.74, 6) is 0.326. The molecular weight excluding hydrogens is 248 g/mol. The molecule has 3 heteroatoms. The minimum Gasteiger partial charge on any atom is -0.335 e. The molecule has 3 nitrogen and oxygen atoms in total. The van der Waals surface area contributed by atoms with Crippen molar-refractivity contribution in [3.8, 4) is 0 Å². The van der Waals surface area contributed by atoms with Crippen molar-refractivity contribution in [2.75, 3.05) is 26.7 Å². The van der Waals surface area contributed by atoms with Crippen LogP contribution in [-0.4, -0.2) is 47.9 Å². The van der Waals surface area contributed by atoms with Crippen molar-refractivity contribution in [2.45, 2.75) is 32.7 Å². The van der Waals surface area contributed by atoms with E-state index >= 15 is 0 Å². The summed E-state index contributed by atoms with van der Waals surface area (Å²) in [6.45, 7) is 9.11. The minimum atomic E-state index is -0.0744. The van der Waals surface area contributed by atoms with Crippen molar-refractivity contribution in [3.63, 3.8) is 0 Å². The molecule has 0 bridgehead atoms. The van der Waals surface area contributed by atoms with E-state index in [2.05, 4.69) is 42.8 Å². The van der Waals surface area contributed by atoms with E-state index in [1.807, 2.05) is 25.1 Å². The molecule has 0 aliphatic carbocycles. The molecule has 110 valence electrons. The van der Waals surface area contributed by atoms with Gasteiger partial charge in [0.05, 0.1) is 0 Å². The molecule has 0 saturated carbocycles. The summed E-state index contributed by atoms with van der Waals surface area (Å²) in [6.07, 6.45) is 0.822. The van der Waals surface area contributed by atoms with E-state index in [9.17, 15) is 4.79 Å². The normalized spacial score (nSPS) is 20.7. The Morgan fingerprint density at radius 3 is 2.50 bits per heavy atom. The molecule has 1 fully saturated rings. The largest absolute Gasteiger partial charge is 0.335 e. The smallest absolute Gasteiger partial charge is 0.226 e. The molecule has 1 heterocycles. The van der Waals surface area contributed by atoms with Crippen LogP contribution in [0.3, 0.4) is 0 Å². The van der Waals surface area contributed by atoms with Gasteiger partial charge in [-0.2, -0.15) is 0 Å². The number of amides is 1. The van der Waals surface area contributed by atoms with Crippen LogP contribution in [-0.2, 0) is 11.2 Å². The molecule has 0 aromatic heterocycles. The van der Waals surface area contributed by atoms with Gasteiger partial charge in [-0.15, -0.1) is 0 Å². The van der Waals surface area contributed by atoms with E-state index in [4.69, 9.17) is 0 Å². The summed E-state index contributed by atoms with van der Waals surface area (Å²) in [6, 6.07) is 10.3. The number of carbonyl (C=O) groups is 1. The van der Waals surface area contributed by atoms with E-state index in [-0.39, 0.29) is 17.4 Å². The number of rotatable bonds is 3. The van der Waals surface area contributed by atoms with Crippen molar-refractivity contribution in [1.82, 2.24) is 9.80 Å². The number of likely N-dealkylation sites (N-methyl/N-ethyl adjacent to an activating group) is 1. The summed E-state index contributed by atoms with van der Waals surface area (Å²) in [5.41, 5.74) is 1.16. The van der Waals surface area contributed by atoms with Gasteiger partial charge in [0.2, 0.25) is 5.91 Å². The molecule has 1 aliphatic rings. The van der Waals surface area contributed by atoms with Gasteiger partial charge >= 0.3 is 0 Å². The van der Waals surface area contributed by atoms with E-state index in [1.165, 1.54) is 5.56 Å². The topological polar surface area (TPSA) is 23.6 Å². The summed E-state index contributed by atoms with van der Waals surface area (Å²) in [4.78, 5) is 17.1. The number of nitrogens with zero attached hydrogens (tertiary/aromatic N) is 2. The number of hydrogen-bond acceptors (Lipinski definition) is 2. The molecule has 0 N–H and O–H groups in total. The van der Waals surface area contributed by atoms with E-state index < -0.39 is 0 Å². The third-order valence-electron chi connectivity index (χ3n) is 4.17. The second-order valence-electron chi connectivity index (χ2n) is 6.63. The van der Waals surface area contributed by atoms with Crippen LogP contribution in [0, 0.1) is 5.92 Å². The van der Waals surface area contributed by atoms with Gasteiger partial charge in [0.25, 0.3) is 0 Å². The number of hydrogen-bond donors (Lipinski definition) is 0. The third kappa shape index (κ3) is 3.40. The Morgan fingerprint density at radius 2 is 1.90 bits per heavy atom. The molecule has 0 unspecified atom stereocenters. The highest BCUT2D eigenvalue weighted by atomic mass is 16.2. The van der Waals surface area contributed by atoms with Crippen molar-refractivity contribution < 1.29 is 4.79 Å². The second-order valence-corrected chi connectivity index (χ2v) is 6.63. The van der Waals surface area contributed by atoms with Gasteiger partial charge in [0.1, 0.15) is 0 Å². The molecule has 2 rings (SSSR count). The zero-order valence-corrected chi connectivity index (χ0v) is 13.1. The molecular formula is C17H26N2O. The Labute approximate surface area is 122 Å². The number of benzene rings is 1. The van der Waals surface area contributed by atoms with E-state index in [1.54, 1.807) is 0 Å². The minimum absolute atomic E-state index is 0.0417. The highest BCUT2D eigenvalue weighted by molar-refractivity contribution is 5.79. The summed E-state index contributed by atoms with van der Waals surface area (Å²) >= 11 is 0. The summed E-state index contributed by atoms with van der Waals surface area (Å²) in [7, 11) is 2.12.